The molecule has 1 aliphatic rings. The van der Waals surface area contributed by atoms with Crippen LogP contribution in [0.5, 0.6) is 0 Å². The fraction of sp³-hybridized carbons (Fsp3) is 0.800. The van der Waals surface area contributed by atoms with Crippen molar-refractivity contribution in [3.63, 3.8) is 0 Å². The summed E-state index contributed by atoms with van der Waals surface area (Å²) in [6.07, 6.45) is 2.91. The van der Waals surface area contributed by atoms with Gasteiger partial charge in [0.1, 0.15) is 5.75 Å². The quantitative estimate of drug-likeness (QED) is 0.515. The third kappa shape index (κ3) is 0.823. The fourth-order valence-electron chi connectivity index (χ4n) is 0.767. The van der Waals surface area contributed by atoms with Gasteiger partial charge in [-0.25, -0.2) is 4.79 Å². The first-order valence-corrected chi connectivity index (χ1v) is 4.42. The third-order valence-electron chi connectivity index (χ3n) is 1.46. The Bertz CT molecular complexity index is 113. The van der Waals surface area contributed by atoms with Gasteiger partial charge in [0.15, 0.2) is 0 Å². The van der Waals surface area contributed by atoms with E-state index in [1.165, 1.54) is 0 Å². The van der Waals surface area contributed by atoms with Crippen molar-refractivity contribution in [3.05, 3.63) is 0 Å². The lowest BCUT2D eigenvalue weighted by molar-refractivity contribution is -0.136. The topological polar surface area (TPSA) is 37.3 Å². The molecule has 3 heteroatoms. The molecular weight excluding hydrogens is 124 g/mol. The summed E-state index contributed by atoms with van der Waals surface area (Å²) < 4.78 is 0. The maximum absolute atomic E-state index is 10.2. The van der Waals surface area contributed by atoms with Crippen molar-refractivity contribution in [1.82, 2.24) is 0 Å². The predicted octanol–water partition coefficient (Wildman–Crippen LogP) is 0.0914. The molecule has 0 spiro atoms. The number of carboxylic acids is 1. The monoisotopic (exact) mass is 133 g/mol. The van der Waals surface area contributed by atoms with Gasteiger partial charge in [-0.05, 0) is 10.9 Å². The molecule has 0 amide bonds. The summed E-state index contributed by atoms with van der Waals surface area (Å²) >= 11 is 0. The highest BCUT2D eigenvalue weighted by Crippen LogP contribution is 2.20. The van der Waals surface area contributed by atoms with Gasteiger partial charge in [0, 0.05) is 0 Å². The van der Waals surface area contributed by atoms with Crippen molar-refractivity contribution >= 4 is 16.9 Å². The number of carboxylic acid groups (broad SMARTS) is 1. The highest BCUT2D eigenvalue weighted by Gasteiger charge is 2.42. The molecule has 1 heterocycles. The molecule has 46 valence electrons. The van der Waals surface area contributed by atoms with Crippen LogP contribution in [-0.2, 0) is 15.7 Å². The summed E-state index contributed by atoms with van der Waals surface area (Å²) in [4.78, 5) is 10.2. The highest BCUT2D eigenvalue weighted by molar-refractivity contribution is 7.98. The van der Waals surface area contributed by atoms with E-state index in [2.05, 4.69) is 0 Å². The zero-order chi connectivity index (χ0) is 6.15. The van der Waals surface area contributed by atoms with Crippen LogP contribution in [0, 0.1) is 0 Å². The van der Waals surface area contributed by atoms with E-state index >= 15 is 0 Å². The second kappa shape index (κ2) is 1.97. The van der Waals surface area contributed by atoms with E-state index < -0.39 is 5.97 Å². The van der Waals surface area contributed by atoms with E-state index in [0.29, 0.717) is 0 Å². The van der Waals surface area contributed by atoms with E-state index in [4.69, 9.17) is 5.11 Å². The molecule has 1 N–H and O–H groups in total. The SMILES string of the molecule is C[S+]1CCC1C(=O)O. The van der Waals surface area contributed by atoms with E-state index in [-0.39, 0.29) is 16.1 Å². The van der Waals surface area contributed by atoms with Gasteiger partial charge < -0.3 is 5.11 Å². The number of hydrogen-bond donors (Lipinski definition) is 1. The Balaban J connectivity index is 2.37. The molecule has 2 nitrogen and oxygen atoms in total. The summed E-state index contributed by atoms with van der Waals surface area (Å²) in [6, 6.07) is 0. The van der Waals surface area contributed by atoms with Crippen molar-refractivity contribution in [2.45, 2.75) is 11.7 Å². The molecule has 0 aromatic carbocycles. The highest BCUT2D eigenvalue weighted by atomic mass is 32.2. The Kier molecular flexibility index (Phi) is 1.47. The van der Waals surface area contributed by atoms with E-state index in [1.807, 2.05) is 6.26 Å². The van der Waals surface area contributed by atoms with Crippen LogP contribution in [0.1, 0.15) is 6.42 Å². The van der Waals surface area contributed by atoms with Crippen LogP contribution in [0.15, 0.2) is 0 Å². The predicted molar refractivity (Wildman–Crippen MR) is 34.2 cm³/mol. The maximum atomic E-state index is 10.2. The zero-order valence-corrected chi connectivity index (χ0v) is 5.57. The number of hydrogen-bond acceptors (Lipinski definition) is 1. The Morgan fingerprint density at radius 1 is 1.88 bits per heavy atom. The van der Waals surface area contributed by atoms with Crippen LogP contribution in [0.3, 0.4) is 0 Å². The molecule has 2 unspecified atom stereocenters. The molecule has 1 rings (SSSR count). The minimum Gasteiger partial charge on any atom is -0.478 e. The molecule has 0 aromatic heterocycles. The van der Waals surface area contributed by atoms with Gasteiger partial charge in [0.05, 0.1) is 12.7 Å². The molecule has 1 saturated heterocycles. The minimum atomic E-state index is -0.609. The minimum absolute atomic E-state index is 0.00463. The summed E-state index contributed by atoms with van der Waals surface area (Å²) in [7, 11) is 0.191. The van der Waals surface area contributed by atoms with Crippen molar-refractivity contribution < 1.29 is 9.90 Å². The van der Waals surface area contributed by atoms with Gasteiger partial charge in [0.25, 0.3) is 0 Å². The molecule has 1 aliphatic heterocycles. The Morgan fingerprint density at radius 3 is 2.50 bits per heavy atom. The Morgan fingerprint density at radius 2 is 2.50 bits per heavy atom. The maximum Gasteiger partial charge on any atom is 0.357 e. The average Bonchev–Trinajstić information content (AvgIpc) is 1.61. The van der Waals surface area contributed by atoms with Gasteiger partial charge in [-0.15, -0.1) is 0 Å². The summed E-state index contributed by atoms with van der Waals surface area (Å²) in [5.74, 6) is 0.513. The first-order valence-electron chi connectivity index (χ1n) is 2.56. The van der Waals surface area contributed by atoms with Gasteiger partial charge in [-0.2, -0.15) is 0 Å². The molecule has 1 fully saturated rings. The lowest BCUT2D eigenvalue weighted by Crippen LogP contribution is -2.41. The van der Waals surface area contributed by atoms with Crippen molar-refractivity contribution in [1.29, 1.82) is 0 Å². The molecule has 0 aromatic rings. The summed E-state index contributed by atoms with van der Waals surface area (Å²) in [5.41, 5.74) is 0. The first kappa shape index (κ1) is 5.95. The van der Waals surface area contributed by atoms with Crippen LogP contribution < -0.4 is 0 Å². The van der Waals surface area contributed by atoms with E-state index in [9.17, 15) is 4.79 Å². The lowest BCUT2D eigenvalue weighted by Gasteiger charge is -2.19. The third-order valence-corrected chi connectivity index (χ3v) is 3.75. The van der Waals surface area contributed by atoms with Crippen LogP contribution in [0.25, 0.3) is 0 Å². The molecule has 8 heavy (non-hydrogen) atoms. The van der Waals surface area contributed by atoms with Gasteiger partial charge in [-0.3, -0.25) is 0 Å². The number of carbonyl (C=O) groups is 1. The van der Waals surface area contributed by atoms with Crippen molar-refractivity contribution in [2.75, 3.05) is 12.0 Å². The lowest BCUT2D eigenvalue weighted by atomic mass is 10.3. The van der Waals surface area contributed by atoms with Crippen LogP contribution in [-0.4, -0.2) is 28.3 Å². The molecule has 0 bridgehead atoms. The molecular formula is C5H9O2S+. The van der Waals surface area contributed by atoms with Gasteiger partial charge in [0.2, 0.25) is 5.25 Å². The second-order valence-electron chi connectivity index (χ2n) is 2.01. The zero-order valence-electron chi connectivity index (χ0n) is 4.76. The molecule has 2 atom stereocenters. The number of aliphatic carboxylic acids is 1. The molecule has 0 aliphatic carbocycles. The van der Waals surface area contributed by atoms with Crippen LogP contribution in [0.2, 0.25) is 0 Å². The normalized spacial score (nSPS) is 36.1. The first-order chi connectivity index (χ1) is 3.72. The van der Waals surface area contributed by atoms with Crippen LogP contribution >= 0.6 is 0 Å². The standard InChI is InChI=1S/C5H8O2S/c1-8-3-2-4(8)5(6)7/h4H,2-3H2,1H3/p+1. The summed E-state index contributed by atoms with van der Waals surface area (Å²) in [5, 5.41) is 8.41. The molecule has 0 saturated carbocycles. The fourth-order valence-corrected chi connectivity index (χ4v) is 2.05. The summed E-state index contributed by atoms with van der Waals surface area (Å²) in [6.45, 7) is 0. The van der Waals surface area contributed by atoms with Gasteiger partial charge in [-0.1, -0.05) is 0 Å². The van der Waals surface area contributed by atoms with Crippen molar-refractivity contribution in [3.8, 4) is 0 Å². The second-order valence-corrected chi connectivity index (χ2v) is 4.37. The molecule has 0 radical (unpaired) electrons. The largest absolute Gasteiger partial charge is 0.478 e. The van der Waals surface area contributed by atoms with Crippen LogP contribution in [0.4, 0.5) is 0 Å². The Labute approximate surface area is 51.2 Å². The smallest absolute Gasteiger partial charge is 0.357 e. The van der Waals surface area contributed by atoms with Gasteiger partial charge >= 0.3 is 5.97 Å². The van der Waals surface area contributed by atoms with E-state index in [0.717, 1.165) is 12.2 Å². The van der Waals surface area contributed by atoms with Crippen molar-refractivity contribution in [2.24, 2.45) is 0 Å². The van der Waals surface area contributed by atoms with E-state index in [1.54, 1.807) is 0 Å². The number of rotatable bonds is 1. The Hall–Kier alpha value is -0.180. The average molecular weight is 133 g/mol.